The molecule has 1 aliphatic rings. The van der Waals surface area contributed by atoms with Crippen LogP contribution in [-0.2, 0) is 30.8 Å². The summed E-state index contributed by atoms with van der Waals surface area (Å²) >= 11 is 5.84. The summed E-state index contributed by atoms with van der Waals surface area (Å²) in [6, 6.07) is 8.82. The number of nitrogens with two attached hydrogens (primary N) is 1. The lowest BCUT2D eigenvalue weighted by Crippen LogP contribution is -2.53. The molecule has 41 heavy (non-hydrogen) atoms. The van der Waals surface area contributed by atoms with Crippen molar-refractivity contribution in [1.29, 1.82) is 0 Å². The van der Waals surface area contributed by atoms with Crippen molar-refractivity contribution >= 4 is 57.8 Å². The molecule has 4 atom stereocenters. The molecule has 0 aromatic heterocycles. The Morgan fingerprint density at radius 3 is 2.37 bits per heavy atom. The van der Waals surface area contributed by atoms with Crippen LogP contribution < -0.4 is 21.3 Å². The second-order valence-electron chi connectivity index (χ2n) is 9.37. The van der Waals surface area contributed by atoms with E-state index in [1.165, 1.54) is 19.1 Å². The molecule has 0 spiro atoms. The molecule has 16 heteroatoms. The Bertz CT molecular complexity index is 1380. The molecule has 13 nitrogen and oxygen atoms in total. The number of carboxylic acid groups (broad SMARTS) is 2. The number of nitrogens with one attached hydrogen (secondary N) is 3. The Hall–Kier alpha value is -3.27. The van der Waals surface area contributed by atoms with E-state index >= 15 is 0 Å². The number of hydrogen-bond acceptors (Lipinski definition) is 8. The first-order valence-corrected chi connectivity index (χ1v) is 14.1. The second-order valence-corrected chi connectivity index (χ2v) is 11.3. The van der Waals surface area contributed by atoms with Crippen LogP contribution in [0.4, 0.5) is 0 Å². The van der Waals surface area contributed by atoms with Crippen molar-refractivity contribution in [3.63, 3.8) is 0 Å². The molecule has 1 heterocycles. The lowest BCUT2D eigenvalue weighted by molar-refractivity contribution is -0.149. The number of rotatable bonds is 12. The number of hydrogen-bond donors (Lipinski definition) is 6. The maximum atomic E-state index is 13.2. The number of hydrazine groups is 1. The van der Waals surface area contributed by atoms with Crippen LogP contribution in [0.15, 0.2) is 53.4 Å². The van der Waals surface area contributed by atoms with Crippen LogP contribution in [0.3, 0.4) is 0 Å². The maximum Gasteiger partial charge on any atom is 0.326 e. The number of halogens is 2. The van der Waals surface area contributed by atoms with E-state index in [0.29, 0.717) is 6.42 Å². The van der Waals surface area contributed by atoms with Gasteiger partial charge < -0.3 is 15.1 Å². The molecule has 2 aromatic rings. The smallest absolute Gasteiger partial charge is 0.326 e. The summed E-state index contributed by atoms with van der Waals surface area (Å²) in [5.74, 6) is -3.74. The normalized spacial score (nSPS) is 18.2. The third-order valence-electron chi connectivity index (χ3n) is 6.44. The quantitative estimate of drug-likeness (QED) is 0.181. The Morgan fingerprint density at radius 1 is 1.12 bits per heavy atom. The lowest BCUT2D eigenvalue weighted by atomic mass is 10.0. The summed E-state index contributed by atoms with van der Waals surface area (Å²) in [5, 5.41) is 27.1. The summed E-state index contributed by atoms with van der Waals surface area (Å²) in [7, 11) is -4.18. The Kier molecular flexibility index (Phi) is 12.1. The van der Waals surface area contributed by atoms with Gasteiger partial charge in [-0.25, -0.2) is 23.8 Å². The van der Waals surface area contributed by atoms with Gasteiger partial charge in [0.25, 0.3) is 5.91 Å². The summed E-state index contributed by atoms with van der Waals surface area (Å²) < 4.78 is 23.3. The number of nitrogens with zero attached hydrogens (tertiary/aromatic N) is 1. The van der Waals surface area contributed by atoms with Gasteiger partial charge in [0.15, 0.2) is 0 Å². The zero-order valence-corrected chi connectivity index (χ0v) is 24.2. The molecule has 7 N–H and O–H groups in total. The predicted octanol–water partition coefficient (Wildman–Crippen LogP) is 0.762. The molecule has 1 aliphatic heterocycles. The van der Waals surface area contributed by atoms with E-state index in [-0.39, 0.29) is 42.4 Å². The number of aliphatic carboxylic acids is 2. The van der Waals surface area contributed by atoms with Crippen molar-refractivity contribution in [2.45, 2.75) is 55.2 Å². The van der Waals surface area contributed by atoms with Gasteiger partial charge in [0.05, 0.1) is 11.1 Å². The molecule has 0 saturated carbocycles. The van der Waals surface area contributed by atoms with E-state index in [1.54, 1.807) is 0 Å². The Morgan fingerprint density at radius 2 is 1.78 bits per heavy atom. The number of benzene rings is 2. The predicted molar refractivity (Wildman–Crippen MR) is 151 cm³/mol. The molecule has 1 saturated heterocycles. The van der Waals surface area contributed by atoms with Crippen LogP contribution in [0.2, 0.25) is 5.02 Å². The van der Waals surface area contributed by atoms with Crippen molar-refractivity contribution in [2.24, 2.45) is 5.14 Å². The topological polar surface area (TPSA) is 208 Å². The number of likely N-dealkylation sites (tertiary alicyclic amines) is 1. The first kappa shape index (κ1) is 33.9. The van der Waals surface area contributed by atoms with Gasteiger partial charge in [0.1, 0.15) is 17.0 Å². The largest absolute Gasteiger partial charge is 0.480 e. The maximum absolute atomic E-state index is 13.2. The first-order valence-electron chi connectivity index (χ1n) is 12.2. The number of amides is 2. The molecule has 0 aliphatic carbocycles. The lowest BCUT2D eigenvalue weighted by Gasteiger charge is -2.27. The van der Waals surface area contributed by atoms with E-state index in [0.717, 1.165) is 16.5 Å². The number of sulfonamides is 1. The minimum absolute atomic E-state index is 0. The van der Waals surface area contributed by atoms with Crippen molar-refractivity contribution in [1.82, 2.24) is 21.1 Å². The molecule has 0 bridgehead atoms. The Labute approximate surface area is 247 Å². The number of carbonyl (C=O) groups excluding carboxylic acids is 2. The van der Waals surface area contributed by atoms with Crippen molar-refractivity contribution < 1.29 is 37.8 Å². The van der Waals surface area contributed by atoms with E-state index in [2.05, 4.69) is 16.2 Å². The van der Waals surface area contributed by atoms with Crippen molar-refractivity contribution in [3.8, 4) is 0 Å². The van der Waals surface area contributed by atoms with Gasteiger partial charge in [0, 0.05) is 18.2 Å². The zero-order valence-electron chi connectivity index (χ0n) is 21.8. The molecule has 1 fully saturated rings. The monoisotopic (exact) mass is 631 g/mol. The van der Waals surface area contributed by atoms with Gasteiger partial charge in [-0.2, -0.15) is 0 Å². The third kappa shape index (κ3) is 9.11. The molecular formula is C25H31Cl2N5O8S. The van der Waals surface area contributed by atoms with Gasteiger partial charge in [-0.15, -0.1) is 12.4 Å². The summed E-state index contributed by atoms with van der Waals surface area (Å²) in [5.41, 5.74) is 5.91. The fourth-order valence-corrected chi connectivity index (χ4v) is 5.45. The average molecular weight is 633 g/mol. The van der Waals surface area contributed by atoms with Crippen LogP contribution >= 0.6 is 24.0 Å². The molecule has 224 valence electrons. The van der Waals surface area contributed by atoms with Crippen LogP contribution in [0.25, 0.3) is 0 Å². The summed E-state index contributed by atoms with van der Waals surface area (Å²) in [4.78, 5) is 50.1. The standard InChI is InChI=1S/C25H30ClN5O8S.ClH/c1-14(28-19(24(34)35)10-7-15-5-3-2-4-6-15)23(33)31-13-17(12-20(31)25(36)37)29-30-22(32)16-8-9-18(26)21(11-16)40(27,38)39;/h2-6,8-9,11,14,17,19-20,28-29H,7,10,12-13H2,1H3,(H,30,32)(H,34,35)(H,36,37)(H2,27,38,39);1H/t14-,17?,19-,20?;/m0./s1. The number of aryl methyl sites for hydroxylation is 1. The van der Waals surface area contributed by atoms with Gasteiger partial charge in [-0.1, -0.05) is 41.9 Å². The SMILES string of the molecule is C[C@H](N[C@@H](CCc1ccccc1)C(=O)O)C(=O)N1CC(NNC(=O)c2ccc(Cl)c(S(N)(=O)=O)c2)CC1C(=O)O.Cl. The van der Waals surface area contributed by atoms with Gasteiger partial charge in [0.2, 0.25) is 15.9 Å². The van der Waals surface area contributed by atoms with Crippen molar-refractivity contribution in [3.05, 3.63) is 64.7 Å². The highest BCUT2D eigenvalue weighted by Gasteiger charge is 2.41. The van der Waals surface area contributed by atoms with Crippen LogP contribution in [0, 0.1) is 0 Å². The molecule has 2 unspecified atom stereocenters. The van der Waals surface area contributed by atoms with Crippen LogP contribution in [0.5, 0.6) is 0 Å². The fourth-order valence-electron chi connectivity index (χ4n) is 4.38. The average Bonchev–Trinajstić information content (AvgIpc) is 3.33. The molecule has 2 aromatic carbocycles. The number of carbonyl (C=O) groups is 4. The number of carboxylic acids is 2. The fraction of sp³-hybridized carbons (Fsp3) is 0.360. The van der Waals surface area contributed by atoms with E-state index in [4.69, 9.17) is 16.7 Å². The molecular weight excluding hydrogens is 601 g/mol. The Balaban J connectivity index is 0.00000588. The van der Waals surface area contributed by atoms with E-state index in [1.807, 2.05) is 30.3 Å². The highest BCUT2D eigenvalue weighted by molar-refractivity contribution is 7.89. The highest BCUT2D eigenvalue weighted by Crippen LogP contribution is 2.22. The summed E-state index contributed by atoms with van der Waals surface area (Å²) in [6.07, 6.45) is 0.631. The molecule has 2 amide bonds. The first-order chi connectivity index (χ1) is 18.8. The molecule has 3 rings (SSSR count). The summed E-state index contributed by atoms with van der Waals surface area (Å²) in [6.45, 7) is 1.37. The van der Waals surface area contributed by atoms with Crippen LogP contribution in [-0.4, -0.2) is 78.0 Å². The van der Waals surface area contributed by atoms with Gasteiger partial charge in [-0.3, -0.25) is 25.1 Å². The zero-order chi connectivity index (χ0) is 29.6. The van der Waals surface area contributed by atoms with Crippen LogP contribution in [0.1, 0.15) is 35.7 Å². The van der Waals surface area contributed by atoms with Gasteiger partial charge >= 0.3 is 11.9 Å². The highest BCUT2D eigenvalue weighted by atomic mass is 35.5. The van der Waals surface area contributed by atoms with E-state index in [9.17, 15) is 37.8 Å². The van der Waals surface area contributed by atoms with E-state index < -0.39 is 62.8 Å². The number of primary sulfonamides is 1. The second kappa shape index (κ2) is 14.6. The third-order valence-corrected chi connectivity index (χ3v) is 7.84. The minimum Gasteiger partial charge on any atom is -0.480 e. The molecule has 0 radical (unpaired) electrons. The van der Waals surface area contributed by atoms with Crippen molar-refractivity contribution in [2.75, 3.05) is 6.54 Å². The van der Waals surface area contributed by atoms with Gasteiger partial charge in [-0.05, 0) is 49.9 Å². The minimum atomic E-state index is -4.18.